The Labute approximate surface area is 138 Å². The van der Waals surface area contributed by atoms with Crippen molar-refractivity contribution in [1.82, 2.24) is 0 Å². The summed E-state index contributed by atoms with van der Waals surface area (Å²) in [7, 11) is 0. The van der Waals surface area contributed by atoms with Gasteiger partial charge in [0.25, 0.3) is 0 Å². The summed E-state index contributed by atoms with van der Waals surface area (Å²) in [5.41, 5.74) is 1.56. The van der Waals surface area contributed by atoms with E-state index in [1.807, 2.05) is 0 Å². The fourth-order valence-electron chi connectivity index (χ4n) is 8.65. The van der Waals surface area contributed by atoms with E-state index in [-0.39, 0.29) is 0 Å². The van der Waals surface area contributed by atoms with E-state index < -0.39 is 0 Å². The molecule has 0 nitrogen and oxygen atoms in total. The van der Waals surface area contributed by atoms with Crippen molar-refractivity contribution >= 4 is 0 Å². The number of hydrogen-bond donors (Lipinski definition) is 0. The zero-order valence-electron chi connectivity index (χ0n) is 16.2. The van der Waals surface area contributed by atoms with Gasteiger partial charge in [0.05, 0.1) is 0 Å². The van der Waals surface area contributed by atoms with Gasteiger partial charge in [-0.25, -0.2) is 0 Å². The maximum absolute atomic E-state index is 2.68. The van der Waals surface area contributed by atoms with Crippen LogP contribution in [0.3, 0.4) is 0 Å². The zero-order chi connectivity index (χ0) is 16.2. The maximum atomic E-state index is 2.68. The Morgan fingerprint density at radius 1 is 0.818 bits per heavy atom. The lowest BCUT2D eigenvalue weighted by molar-refractivity contribution is -0.0975. The van der Waals surface area contributed by atoms with Gasteiger partial charge in [0, 0.05) is 0 Å². The van der Waals surface area contributed by atoms with Crippen molar-refractivity contribution in [3.8, 4) is 0 Å². The number of rotatable bonds is 1. The van der Waals surface area contributed by atoms with Crippen LogP contribution < -0.4 is 0 Å². The second-order valence-electron chi connectivity index (χ2n) is 11.8. The lowest BCUT2D eigenvalue weighted by Gasteiger charge is -2.57. The summed E-state index contributed by atoms with van der Waals surface area (Å²) in [4.78, 5) is 0. The molecule has 0 N–H and O–H groups in total. The van der Waals surface area contributed by atoms with Gasteiger partial charge >= 0.3 is 0 Å². The van der Waals surface area contributed by atoms with E-state index in [4.69, 9.17) is 0 Å². The average Bonchev–Trinajstić information content (AvgIpc) is 3.00. The molecular weight excluding hydrogens is 264 g/mol. The van der Waals surface area contributed by atoms with Crippen molar-refractivity contribution in [2.45, 2.75) is 74.7 Å². The Morgan fingerprint density at radius 2 is 1.32 bits per heavy atom. The summed E-state index contributed by atoms with van der Waals surface area (Å²) in [6.45, 7) is 20.5. The van der Waals surface area contributed by atoms with Crippen LogP contribution in [0.1, 0.15) is 74.7 Å². The number of hydrogen-bond acceptors (Lipinski definition) is 0. The molecule has 0 radical (unpaired) electrons. The molecule has 0 heteroatoms. The first-order valence-electron chi connectivity index (χ1n) is 9.99. The number of fused-ring (bicyclic) bond motifs is 9. The van der Waals surface area contributed by atoms with Crippen LogP contribution in [0.15, 0.2) is 0 Å². The normalized spacial score (nSPS) is 58.4. The molecular formula is C22H38. The highest BCUT2D eigenvalue weighted by Crippen LogP contribution is 2.79. The van der Waals surface area contributed by atoms with E-state index in [1.165, 1.54) is 6.42 Å². The molecule has 4 rings (SSSR count). The molecule has 4 aliphatic rings. The standard InChI is InChI=1S/C22H38/c1-12-13(2)15-9-14(12)18-16-10-17(19(15)18)22(8,21(16,6)7)11-20(3,4)5/h12-19H,9-11H2,1-8H3. The molecule has 0 saturated heterocycles. The lowest BCUT2D eigenvalue weighted by Crippen LogP contribution is -2.52. The van der Waals surface area contributed by atoms with E-state index in [1.54, 1.807) is 12.8 Å². The molecule has 126 valence electrons. The Morgan fingerprint density at radius 3 is 1.82 bits per heavy atom. The van der Waals surface area contributed by atoms with Gasteiger partial charge in [-0.3, -0.25) is 0 Å². The molecule has 9 atom stereocenters. The third-order valence-corrected chi connectivity index (χ3v) is 9.71. The quantitative estimate of drug-likeness (QED) is 0.501. The van der Waals surface area contributed by atoms with Crippen LogP contribution in [0.5, 0.6) is 0 Å². The molecule has 4 saturated carbocycles. The molecule has 22 heavy (non-hydrogen) atoms. The molecule has 4 fully saturated rings. The van der Waals surface area contributed by atoms with Crippen LogP contribution in [0.25, 0.3) is 0 Å². The monoisotopic (exact) mass is 302 g/mol. The van der Waals surface area contributed by atoms with E-state index in [2.05, 4.69) is 55.4 Å². The summed E-state index contributed by atoms with van der Waals surface area (Å²) in [5.74, 6) is 8.32. The zero-order valence-corrected chi connectivity index (χ0v) is 16.2. The second kappa shape index (κ2) is 4.15. The van der Waals surface area contributed by atoms with Gasteiger partial charge in [-0.2, -0.15) is 0 Å². The Bertz CT molecular complexity index is 481. The minimum Gasteiger partial charge on any atom is -0.0620 e. The van der Waals surface area contributed by atoms with Crippen LogP contribution in [0.4, 0.5) is 0 Å². The third-order valence-electron chi connectivity index (χ3n) is 9.71. The summed E-state index contributed by atoms with van der Waals surface area (Å²) in [6, 6.07) is 0. The largest absolute Gasteiger partial charge is 0.0620 e. The van der Waals surface area contributed by atoms with Crippen LogP contribution in [0, 0.1) is 63.6 Å². The molecule has 4 aliphatic carbocycles. The SMILES string of the molecule is CC1C(C)C2CC1C1C2C2CC1C(C)(C)C2(C)CC(C)(C)C. The third kappa shape index (κ3) is 1.61. The summed E-state index contributed by atoms with van der Waals surface area (Å²) in [6.07, 6.45) is 4.55. The van der Waals surface area contributed by atoms with Gasteiger partial charge in [-0.1, -0.05) is 55.4 Å². The molecule has 4 bridgehead atoms. The Balaban J connectivity index is 1.73. The van der Waals surface area contributed by atoms with Gasteiger partial charge in [0.2, 0.25) is 0 Å². The molecule has 0 aromatic rings. The summed E-state index contributed by atoms with van der Waals surface area (Å²) in [5, 5.41) is 0. The minimum absolute atomic E-state index is 0.461. The highest BCUT2D eigenvalue weighted by Gasteiger charge is 2.73. The van der Waals surface area contributed by atoms with Gasteiger partial charge in [0.15, 0.2) is 0 Å². The average molecular weight is 303 g/mol. The first-order valence-corrected chi connectivity index (χ1v) is 9.99. The highest BCUT2D eigenvalue weighted by molar-refractivity contribution is 5.21. The smallest absolute Gasteiger partial charge is 0.0236 e. The van der Waals surface area contributed by atoms with E-state index in [9.17, 15) is 0 Å². The topological polar surface area (TPSA) is 0 Å². The molecule has 9 unspecified atom stereocenters. The summed E-state index contributed by atoms with van der Waals surface area (Å²) >= 11 is 0. The predicted molar refractivity (Wildman–Crippen MR) is 94.5 cm³/mol. The molecule has 0 aromatic heterocycles. The molecule has 0 aliphatic heterocycles. The molecule has 0 heterocycles. The van der Waals surface area contributed by atoms with E-state index in [0.717, 1.165) is 47.3 Å². The van der Waals surface area contributed by atoms with Crippen molar-refractivity contribution in [3.05, 3.63) is 0 Å². The first-order chi connectivity index (χ1) is 9.99. The fourth-order valence-corrected chi connectivity index (χ4v) is 8.65. The fraction of sp³-hybridized carbons (Fsp3) is 1.00. The van der Waals surface area contributed by atoms with Crippen molar-refractivity contribution < 1.29 is 0 Å². The van der Waals surface area contributed by atoms with Crippen molar-refractivity contribution in [2.75, 3.05) is 0 Å². The van der Waals surface area contributed by atoms with Crippen molar-refractivity contribution in [3.63, 3.8) is 0 Å². The maximum Gasteiger partial charge on any atom is -0.0236 e. The van der Waals surface area contributed by atoms with Gasteiger partial charge < -0.3 is 0 Å². The van der Waals surface area contributed by atoms with Gasteiger partial charge in [-0.05, 0) is 82.9 Å². The highest BCUT2D eigenvalue weighted by atomic mass is 14.8. The lowest BCUT2D eigenvalue weighted by atomic mass is 9.47. The van der Waals surface area contributed by atoms with Crippen LogP contribution in [0.2, 0.25) is 0 Å². The predicted octanol–water partition coefficient (Wildman–Crippen LogP) is 6.26. The van der Waals surface area contributed by atoms with Crippen LogP contribution >= 0.6 is 0 Å². The van der Waals surface area contributed by atoms with E-state index in [0.29, 0.717) is 16.2 Å². The second-order valence-corrected chi connectivity index (χ2v) is 11.8. The Hall–Kier alpha value is 0. The minimum atomic E-state index is 0.461. The Kier molecular flexibility index (Phi) is 2.93. The van der Waals surface area contributed by atoms with Crippen LogP contribution in [-0.2, 0) is 0 Å². The molecule has 0 aromatic carbocycles. The van der Waals surface area contributed by atoms with Gasteiger partial charge in [0.1, 0.15) is 0 Å². The molecule has 0 amide bonds. The van der Waals surface area contributed by atoms with Crippen LogP contribution in [-0.4, -0.2) is 0 Å². The van der Waals surface area contributed by atoms with Crippen molar-refractivity contribution in [2.24, 2.45) is 63.6 Å². The van der Waals surface area contributed by atoms with E-state index >= 15 is 0 Å². The van der Waals surface area contributed by atoms with Gasteiger partial charge in [-0.15, -0.1) is 0 Å². The van der Waals surface area contributed by atoms with Crippen molar-refractivity contribution in [1.29, 1.82) is 0 Å². The molecule has 0 spiro atoms. The summed E-state index contributed by atoms with van der Waals surface area (Å²) < 4.78 is 0. The first kappa shape index (κ1) is 15.5.